The molecule has 1 aromatic rings. The molecule has 0 aliphatic carbocycles. The highest BCUT2D eigenvalue weighted by molar-refractivity contribution is 5.97. The number of hydrogen-bond donors (Lipinski definition) is 2. The molecule has 0 radical (unpaired) electrons. The van der Waals surface area contributed by atoms with Crippen LogP contribution in [0.5, 0.6) is 0 Å². The molecule has 0 bridgehead atoms. The molecule has 0 saturated heterocycles. The van der Waals surface area contributed by atoms with Crippen LogP contribution in [0.2, 0.25) is 0 Å². The Hall–Kier alpha value is -1.69. The molecule has 0 atom stereocenters. The standard InChI is InChI=1S/C7H8N2O4/c1-8-3-5(10)6-2-4(7(11)12)9-13-6/h2,8H,3H2,1H3,(H,11,12). The lowest BCUT2D eigenvalue weighted by Crippen LogP contribution is -2.17. The third kappa shape index (κ3) is 2.12. The molecule has 6 nitrogen and oxygen atoms in total. The van der Waals surface area contributed by atoms with Crippen LogP contribution in [0.1, 0.15) is 21.0 Å². The summed E-state index contributed by atoms with van der Waals surface area (Å²) in [6.07, 6.45) is 0. The van der Waals surface area contributed by atoms with E-state index in [-0.39, 0.29) is 23.8 Å². The quantitative estimate of drug-likeness (QED) is 0.628. The minimum absolute atomic E-state index is 0.0493. The van der Waals surface area contributed by atoms with Gasteiger partial charge < -0.3 is 14.9 Å². The summed E-state index contributed by atoms with van der Waals surface area (Å²) in [6.45, 7) is 0.0915. The number of ketones is 1. The summed E-state index contributed by atoms with van der Waals surface area (Å²) in [5, 5.41) is 14.3. The third-order valence-electron chi connectivity index (χ3n) is 1.34. The molecule has 0 fully saturated rings. The van der Waals surface area contributed by atoms with Crippen LogP contribution in [0, 0.1) is 0 Å². The Morgan fingerprint density at radius 3 is 2.85 bits per heavy atom. The number of carbonyl (C=O) groups excluding carboxylic acids is 1. The highest BCUT2D eigenvalue weighted by Crippen LogP contribution is 2.03. The summed E-state index contributed by atoms with van der Waals surface area (Å²) in [5.74, 6) is -1.60. The van der Waals surface area contributed by atoms with Crippen LogP contribution in [0.3, 0.4) is 0 Å². The summed E-state index contributed by atoms with van der Waals surface area (Å²) >= 11 is 0. The molecule has 0 aliphatic rings. The second kappa shape index (κ2) is 3.81. The molecule has 13 heavy (non-hydrogen) atoms. The topological polar surface area (TPSA) is 92.4 Å². The number of aromatic nitrogens is 1. The summed E-state index contributed by atoms with van der Waals surface area (Å²) in [4.78, 5) is 21.4. The van der Waals surface area contributed by atoms with Gasteiger partial charge in [-0.3, -0.25) is 4.79 Å². The third-order valence-corrected chi connectivity index (χ3v) is 1.34. The summed E-state index contributed by atoms with van der Waals surface area (Å²) in [7, 11) is 1.60. The molecule has 0 aliphatic heterocycles. The van der Waals surface area contributed by atoms with E-state index in [4.69, 9.17) is 5.11 Å². The lowest BCUT2D eigenvalue weighted by Gasteiger charge is -1.91. The molecule has 0 aromatic carbocycles. The number of carboxylic acid groups (broad SMARTS) is 1. The van der Waals surface area contributed by atoms with Crippen molar-refractivity contribution >= 4 is 11.8 Å². The van der Waals surface area contributed by atoms with Crippen molar-refractivity contribution in [2.45, 2.75) is 0 Å². The second-order valence-electron chi connectivity index (χ2n) is 2.34. The first-order chi connectivity index (χ1) is 6.15. The number of likely N-dealkylation sites (N-methyl/N-ethyl adjacent to an activating group) is 1. The molecule has 0 unspecified atom stereocenters. The van der Waals surface area contributed by atoms with Crippen molar-refractivity contribution in [1.82, 2.24) is 10.5 Å². The average molecular weight is 184 g/mol. The summed E-state index contributed by atoms with van der Waals surface area (Å²) in [6, 6.07) is 1.10. The predicted molar refractivity (Wildman–Crippen MR) is 41.7 cm³/mol. The van der Waals surface area contributed by atoms with Gasteiger partial charge in [-0.15, -0.1) is 0 Å². The smallest absolute Gasteiger partial charge is 0.358 e. The van der Waals surface area contributed by atoms with E-state index in [1.807, 2.05) is 0 Å². The zero-order valence-corrected chi connectivity index (χ0v) is 6.90. The van der Waals surface area contributed by atoms with Crippen molar-refractivity contribution < 1.29 is 19.2 Å². The van der Waals surface area contributed by atoms with Crippen LogP contribution in [0.25, 0.3) is 0 Å². The van der Waals surface area contributed by atoms with Crippen LogP contribution in [-0.4, -0.2) is 35.6 Å². The number of carboxylic acids is 1. The normalized spacial score (nSPS) is 9.92. The van der Waals surface area contributed by atoms with Crippen molar-refractivity contribution in [3.8, 4) is 0 Å². The number of Topliss-reactive ketones (excluding diaryl/α,β-unsaturated/α-hetero) is 1. The van der Waals surface area contributed by atoms with Crippen LogP contribution in [0.15, 0.2) is 10.6 Å². The van der Waals surface area contributed by atoms with Gasteiger partial charge in [0.1, 0.15) is 0 Å². The van der Waals surface area contributed by atoms with E-state index in [2.05, 4.69) is 15.0 Å². The summed E-state index contributed by atoms with van der Waals surface area (Å²) < 4.78 is 4.52. The Kier molecular flexibility index (Phi) is 2.76. The van der Waals surface area contributed by atoms with Gasteiger partial charge in [-0.1, -0.05) is 5.16 Å². The van der Waals surface area contributed by atoms with Gasteiger partial charge >= 0.3 is 5.97 Å². The van der Waals surface area contributed by atoms with E-state index >= 15 is 0 Å². The van der Waals surface area contributed by atoms with Gasteiger partial charge in [0.15, 0.2) is 5.69 Å². The Balaban J connectivity index is 2.79. The minimum Gasteiger partial charge on any atom is -0.476 e. The lowest BCUT2D eigenvalue weighted by molar-refractivity contribution is 0.0684. The Labute approximate surface area is 73.5 Å². The maximum Gasteiger partial charge on any atom is 0.358 e. The highest BCUT2D eigenvalue weighted by Gasteiger charge is 2.15. The number of nitrogens with zero attached hydrogens (tertiary/aromatic N) is 1. The van der Waals surface area contributed by atoms with E-state index in [9.17, 15) is 9.59 Å². The molecule has 0 amide bonds. The van der Waals surface area contributed by atoms with Crippen LogP contribution < -0.4 is 5.32 Å². The van der Waals surface area contributed by atoms with Crippen molar-refractivity contribution in [2.24, 2.45) is 0 Å². The molecule has 1 aromatic heterocycles. The molecular formula is C7H8N2O4. The summed E-state index contributed by atoms with van der Waals surface area (Å²) in [5.41, 5.74) is -0.264. The second-order valence-corrected chi connectivity index (χ2v) is 2.34. The average Bonchev–Trinajstić information content (AvgIpc) is 2.52. The number of aromatic carboxylic acids is 1. The zero-order chi connectivity index (χ0) is 9.84. The molecule has 0 spiro atoms. The molecule has 70 valence electrons. The molecule has 0 saturated carbocycles. The largest absolute Gasteiger partial charge is 0.476 e. The Morgan fingerprint density at radius 2 is 2.38 bits per heavy atom. The van der Waals surface area contributed by atoms with Crippen molar-refractivity contribution in [3.63, 3.8) is 0 Å². The van der Waals surface area contributed by atoms with E-state index in [0.717, 1.165) is 6.07 Å². The van der Waals surface area contributed by atoms with E-state index < -0.39 is 5.97 Å². The number of rotatable bonds is 4. The van der Waals surface area contributed by atoms with Crippen LogP contribution in [0.4, 0.5) is 0 Å². The first kappa shape index (κ1) is 9.40. The van der Waals surface area contributed by atoms with Gasteiger partial charge in [-0.25, -0.2) is 4.79 Å². The van der Waals surface area contributed by atoms with Gasteiger partial charge in [0.2, 0.25) is 11.5 Å². The fraction of sp³-hybridized carbons (Fsp3) is 0.286. The van der Waals surface area contributed by atoms with E-state index in [1.54, 1.807) is 7.05 Å². The van der Waals surface area contributed by atoms with Crippen LogP contribution >= 0.6 is 0 Å². The fourth-order valence-electron chi connectivity index (χ4n) is 0.755. The predicted octanol–water partition coefficient (Wildman–Crippen LogP) is -0.225. The lowest BCUT2D eigenvalue weighted by atomic mass is 10.3. The van der Waals surface area contributed by atoms with Crippen molar-refractivity contribution in [3.05, 3.63) is 17.5 Å². The fourth-order valence-corrected chi connectivity index (χ4v) is 0.755. The SMILES string of the molecule is CNCC(=O)c1cc(C(=O)O)no1. The van der Waals surface area contributed by atoms with Gasteiger partial charge in [-0.05, 0) is 7.05 Å². The highest BCUT2D eigenvalue weighted by atomic mass is 16.5. The van der Waals surface area contributed by atoms with Gasteiger partial charge in [0, 0.05) is 6.07 Å². The van der Waals surface area contributed by atoms with Crippen molar-refractivity contribution in [2.75, 3.05) is 13.6 Å². The molecule has 1 rings (SSSR count). The van der Waals surface area contributed by atoms with E-state index in [0.29, 0.717) is 0 Å². The van der Waals surface area contributed by atoms with Gasteiger partial charge in [0.25, 0.3) is 0 Å². The monoisotopic (exact) mass is 184 g/mol. The number of hydrogen-bond acceptors (Lipinski definition) is 5. The number of nitrogens with one attached hydrogen (secondary N) is 1. The van der Waals surface area contributed by atoms with Crippen molar-refractivity contribution in [1.29, 1.82) is 0 Å². The van der Waals surface area contributed by atoms with Crippen LogP contribution in [-0.2, 0) is 0 Å². The molecular weight excluding hydrogens is 176 g/mol. The zero-order valence-electron chi connectivity index (χ0n) is 6.90. The maximum absolute atomic E-state index is 11.1. The van der Waals surface area contributed by atoms with Gasteiger partial charge in [-0.2, -0.15) is 0 Å². The Bertz CT molecular complexity index is 331. The first-order valence-electron chi connectivity index (χ1n) is 3.53. The van der Waals surface area contributed by atoms with Gasteiger partial charge in [0.05, 0.1) is 6.54 Å². The molecule has 1 heterocycles. The number of carbonyl (C=O) groups is 2. The molecule has 6 heteroatoms. The molecule has 2 N–H and O–H groups in total. The first-order valence-corrected chi connectivity index (χ1v) is 3.53. The van der Waals surface area contributed by atoms with E-state index in [1.165, 1.54) is 0 Å². The maximum atomic E-state index is 11.1. The minimum atomic E-state index is -1.22. The Morgan fingerprint density at radius 1 is 1.69 bits per heavy atom.